The van der Waals surface area contributed by atoms with Crippen LogP contribution in [0.3, 0.4) is 0 Å². The molecule has 1 aromatic rings. The SMILES string of the molecule is NC(C(=O)O)C12CC(Cc3ccccc3F)(C1)C2. The molecule has 1 atom stereocenters. The lowest BCUT2D eigenvalue weighted by molar-refractivity contribution is -0.219. The Morgan fingerprint density at radius 2 is 2.00 bits per heavy atom. The van der Waals surface area contributed by atoms with Crippen LogP contribution in [-0.4, -0.2) is 17.1 Å². The van der Waals surface area contributed by atoms with Crippen molar-refractivity contribution in [3.8, 4) is 0 Å². The Morgan fingerprint density at radius 3 is 2.56 bits per heavy atom. The summed E-state index contributed by atoms with van der Waals surface area (Å²) in [6, 6.07) is 6.03. The maximum absolute atomic E-state index is 13.6. The lowest BCUT2D eigenvalue weighted by Gasteiger charge is -2.72. The van der Waals surface area contributed by atoms with Crippen molar-refractivity contribution in [2.75, 3.05) is 0 Å². The van der Waals surface area contributed by atoms with Gasteiger partial charge in [0.25, 0.3) is 0 Å². The van der Waals surface area contributed by atoms with Gasteiger partial charge in [0.1, 0.15) is 11.9 Å². The van der Waals surface area contributed by atoms with Gasteiger partial charge in [0.2, 0.25) is 0 Å². The number of benzene rings is 1. The first kappa shape index (κ1) is 11.7. The molecule has 18 heavy (non-hydrogen) atoms. The average molecular weight is 249 g/mol. The molecule has 96 valence electrons. The molecule has 3 saturated carbocycles. The number of nitrogens with two attached hydrogens (primary N) is 1. The first-order chi connectivity index (χ1) is 8.46. The highest BCUT2D eigenvalue weighted by atomic mass is 19.1. The van der Waals surface area contributed by atoms with Gasteiger partial charge in [0, 0.05) is 0 Å². The van der Waals surface area contributed by atoms with E-state index in [4.69, 9.17) is 10.8 Å². The lowest BCUT2D eigenvalue weighted by atomic mass is 9.32. The molecular weight excluding hydrogens is 233 g/mol. The number of hydrogen-bond acceptors (Lipinski definition) is 2. The van der Waals surface area contributed by atoms with E-state index in [-0.39, 0.29) is 16.6 Å². The van der Waals surface area contributed by atoms with Crippen LogP contribution in [0.1, 0.15) is 24.8 Å². The van der Waals surface area contributed by atoms with Crippen molar-refractivity contribution in [1.29, 1.82) is 0 Å². The van der Waals surface area contributed by atoms with E-state index in [0.717, 1.165) is 24.8 Å². The summed E-state index contributed by atoms with van der Waals surface area (Å²) >= 11 is 0. The van der Waals surface area contributed by atoms with E-state index in [9.17, 15) is 9.18 Å². The first-order valence-corrected chi connectivity index (χ1v) is 6.18. The van der Waals surface area contributed by atoms with E-state index < -0.39 is 12.0 Å². The molecule has 0 radical (unpaired) electrons. The highest BCUT2D eigenvalue weighted by Gasteiger charge is 2.70. The maximum atomic E-state index is 13.6. The van der Waals surface area contributed by atoms with Gasteiger partial charge in [-0.25, -0.2) is 4.39 Å². The second-order valence-corrected chi connectivity index (χ2v) is 5.98. The fraction of sp³-hybridized carbons (Fsp3) is 0.500. The Hall–Kier alpha value is -1.42. The van der Waals surface area contributed by atoms with Crippen molar-refractivity contribution in [2.24, 2.45) is 16.6 Å². The van der Waals surface area contributed by atoms with E-state index in [1.165, 1.54) is 6.07 Å². The number of carbonyl (C=O) groups is 1. The highest BCUT2D eigenvalue weighted by Crippen LogP contribution is 2.75. The number of carboxylic acid groups (broad SMARTS) is 1. The number of halogens is 1. The van der Waals surface area contributed by atoms with Crippen LogP contribution < -0.4 is 5.73 Å². The van der Waals surface area contributed by atoms with Crippen LogP contribution in [0.15, 0.2) is 24.3 Å². The summed E-state index contributed by atoms with van der Waals surface area (Å²) in [5.41, 5.74) is 6.33. The zero-order valence-electron chi connectivity index (χ0n) is 10.0. The molecule has 0 spiro atoms. The number of aliphatic carboxylic acids is 1. The second kappa shape index (κ2) is 3.54. The molecule has 3 N–H and O–H groups in total. The van der Waals surface area contributed by atoms with Crippen molar-refractivity contribution in [2.45, 2.75) is 31.7 Å². The molecule has 4 heteroatoms. The number of carboxylic acids is 1. The minimum absolute atomic E-state index is 0.106. The van der Waals surface area contributed by atoms with Crippen LogP contribution in [0.25, 0.3) is 0 Å². The first-order valence-electron chi connectivity index (χ1n) is 6.18. The quantitative estimate of drug-likeness (QED) is 0.857. The number of hydrogen-bond donors (Lipinski definition) is 2. The molecule has 0 aromatic heterocycles. The summed E-state index contributed by atoms with van der Waals surface area (Å²) in [5.74, 6) is -1.09. The fourth-order valence-corrected chi connectivity index (χ4v) is 3.91. The zero-order valence-corrected chi connectivity index (χ0v) is 10.0. The van der Waals surface area contributed by atoms with Crippen molar-refractivity contribution < 1.29 is 14.3 Å². The van der Waals surface area contributed by atoms with E-state index in [0.29, 0.717) is 6.42 Å². The van der Waals surface area contributed by atoms with Gasteiger partial charge in [-0.3, -0.25) is 4.79 Å². The van der Waals surface area contributed by atoms with Crippen LogP contribution in [0.4, 0.5) is 4.39 Å². The third-order valence-electron chi connectivity index (χ3n) is 4.63. The largest absolute Gasteiger partial charge is 0.480 e. The third-order valence-corrected chi connectivity index (χ3v) is 4.63. The smallest absolute Gasteiger partial charge is 0.321 e. The second-order valence-electron chi connectivity index (χ2n) is 5.98. The standard InChI is InChI=1S/C14H16FNO2/c15-10-4-2-1-3-9(10)5-13-6-14(7-13,8-13)11(16)12(17)18/h1-4,11H,5-8,16H2,(H,17,18). The molecule has 0 saturated heterocycles. The van der Waals surface area contributed by atoms with Crippen LogP contribution in [0.2, 0.25) is 0 Å². The highest BCUT2D eigenvalue weighted by molar-refractivity contribution is 5.75. The minimum atomic E-state index is -0.922. The Labute approximate surface area is 105 Å². The molecule has 0 amide bonds. The zero-order chi connectivity index (χ0) is 13.0. The Bertz CT molecular complexity index is 494. The predicted molar refractivity (Wildman–Crippen MR) is 64.4 cm³/mol. The maximum Gasteiger partial charge on any atom is 0.321 e. The molecule has 0 heterocycles. The van der Waals surface area contributed by atoms with E-state index >= 15 is 0 Å². The average Bonchev–Trinajstić information content (AvgIpc) is 2.22. The molecular formula is C14H16FNO2. The van der Waals surface area contributed by atoms with Crippen molar-refractivity contribution >= 4 is 5.97 Å². The molecule has 0 aliphatic heterocycles. The van der Waals surface area contributed by atoms with Crippen LogP contribution in [0, 0.1) is 16.6 Å². The van der Waals surface area contributed by atoms with E-state index in [1.54, 1.807) is 12.1 Å². The van der Waals surface area contributed by atoms with Crippen LogP contribution in [0.5, 0.6) is 0 Å². The fourth-order valence-electron chi connectivity index (χ4n) is 3.91. The van der Waals surface area contributed by atoms with E-state index in [1.807, 2.05) is 6.07 Å². The van der Waals surface area contributed by atoms with Gasteiger partial charge >= 0.3 is 5.97 Å². The molecule has 1 unspecified atom stereocenters. The molecule has 3 aliphatic carbocycles. The van der Waals surface area contributed by atoms with E-state index in [2.05, 4.69) is 0 Å². The van der Waals surface area contributed by atoms with Crippen molar-refractivity contribution in [3.63, 3.8) is 0 Å². The summed E-state index contributed by atoms with van der Waals surface area (Å²) < 4.78 is 13.6. The summed E-state index contributed by atoms with van der Waals surface area (Å²) in [4.78, 5) is 10.9. The molecule has 4 rings (SSSR count). The van der Waals surface area contributed by atoms with Crippen LogP contribution >= 0.6 is 0 Å². The summed E-state index contributed by atoms with van der Waals surface area (Å²) in [6.07, 6.45) is 3.17. The topological polar surface area (TPSA) is 63.3 Å². The lowest BCUT2D eigenvalue weighted by Crippen LogP contribution is -2.71. The van der Waals surface area contributed by atoms with Crippen molar-refractivity contribution in [3.05, 3.63) is 35.6 Å². The molecule has 3 fully saturated rings. The minimum Gasteiger partial charge on any atom is -0.480 e. The molecule has 3 nitrogen and oxygen atoms in total. The third kappa shape index (κ3) is 1.48. The summed E-state index contributed by atoms with van der Waals surface area (Å²) in [6.45, 7) is 0. The Morgan fingerprint density at radius 1 is 1.39 bits per heavy atom. The van der Waals surface area contributed by atoms with Gasteiger partial charge in [0.05, 0.1) is 0 Å². The normalized spacial score (nSPS) is 34.3. The molecule has 3 aliphatic rings. The summed E-state index contributed by atoms with van der Waals surface area (Å²) in [5, 5.41) is 8.94. The Kier molecular flexibility index (Phi) is 2.29. The van der Waals surface area contributed by atoms with Crippen molar-refractivity contribution in [1.82, 2.24) is 0 Å². The van der Waals surface area contributed by atoms with Gasteiger partial charge < -0.3 is 10.8 Å². The van der Waals surface area contributed by atoms with Gasteiger partial charge in [-0.05, 0) is 48.1 Å². The molecule has 2 bridgehead atoms. The van der Waals surface area contributed by atoms with Crippen LogP contribution in [-0.2, 0) is 11.2 Å². The predicted octanol–water partition coefficient (Wildman–Crippen LogP) is 1.95. The number of rotatable bonds is 4. The van der Waals surface area contributed by atoms with Gasteiger partial charge in [-0.2, -0.15) is 0 Å². The van der Waals surface area contributed by atoms with Gasteiger partial charge in [-0.15, -0.1) is 0 Å². The van der Waals surface area contributed by atoms with Gasteiger partial charge in [-0.1, -0.05) is 18.2 Å². The van der Waals surface area contributed by atoms with Gasteiger partial charge in [0.15, 0.2) is 0 Å². The molecule has 1 aromatic carbocycles. The Balaban J connectivity index is 1.67. The monoisotopic (exact) mass is 249 g/mol. The summed E-state index contributed by atoms with van der Waals surface area (Å²) in [7, 11) is 0.